The fourth-order valence-corrected chi connectivity index (χ4v) is 1.79. The monoisotopic (exact) mass is 279 g/mol. The number of carbonyl (C=O) groups is 2. The number of nitrogens with two attached hydrogens (primary N) is 1. The fourth-order valence-electron chi connectivity index (χ4n) is 1.79. The lowest BCUT2D eigenvalue weighted by Crippen LogP contribution is -2.39. The molecule has 0 atom stereocenters. The maximum atomic E-state index is 12.2. The second-order valence-corrected chi connectivity index (χ2v) is 4.64. The van der Waals surface area contributed by atoms with Crippen LogP contribution in [0.3, 0.4) is 0 Å². The molecule has 6 nitrogen and oxygen atoms in total. The van der Waals surface area contributed by atoms with Gasteiger partial charge in [0, 0.05) is 32.0 Å². The molecular weight excluding hydrogens is 258 g/mol. The molecule has 2 amide bonds. The number of likely N-dealkylation sites (N-methyl/N-ethyl adjacent to an activating group) is 1. The molecule has 0 bridgehead atoms. The maximum absolute atomic E-state index is 12.2. The van der Waals surface area contributed by atoms with Crippen molar-refractivity contribution in [3.05, 3.63) is 29.3 Å². The van der Waals surface area contributed by atoms with Crippen LogP contribution in [0.5, 0.6) is 0 Å². The highest BCUT2D eigenvalue weighted by Gasteiger charge is 2.15. The Morgan fingerprint density at radius 1 is 1.35 bits per heavy atom. The van der Waals surface area contributed by atoms with E-state index in [4.69, 9.17) is 10.5 Å². The van der Waals surface area contributed by atoms with E-state index in [1.54, 1.807) is 32.4 Å². The number of methoxy groups -OCH3 is 1. The van der Waals surface area contributed by atoms with Gasteiger partial charge < -0.3 is 20.7 Å². The van der Waals surface area contributed by atoms with Gasteiger partial charge in [0.15, 0.2) is 0 Å². The van der Waals surface area contributed by atoms with Gasteiger partial charge >= 0.3 is 0 Å². The quantitative estimate of drug-likeness (QED) is 0.583. The van der Waals surface area contributed by atoms with Crippen LogP contribution >= 0.6 is 0 Å². The van der Waals surface area contributed by atoms with Gasteiger partial charge in [-0.25, -0.2) is 0 Å². The van der Waals surface area contributed by atoms with Crippen LogP contribution in [0.15, 0.2) is 18.2 Å². The van der Waals surface area contributed by atoms with Crippen LogP contribution < -0.4 is 11.1 Å². The third-order valence-electron chi connectivity index (χ3n) is 2.70. The number of aryl methyl sites for hydroxylation is 1. The number of hydrogen-bond donors (Lipinski definition) is 2. The lowest BCUT2D eigenvalue weighted by atomic mass is 10.1. The molecule has 0 fully saturated rings. The van der Waals surface area contributed by atoms with E-state index in [1.807, 2.05) is 6.92 Å². The number of nitrogens with one attached hydrogen (secondary N) is 1. The summed E-state index contributed by atoms with van der Waals surface area (Å²) in [6.45, 7) is 2.73. The second-order valence-electron chi connectivity index (χ2n) is 4.64. The van der Waals surface area contributed by atoms with Crippen LogP contribution in [0.2, 0.25) is 0 Å². The zero-order valence-electron chi connectivity index (χ0n) is 12.1. The van der Waals surface area contributed by atoms with Gasteiger partial charge in [-0.15, -0.1) is 0 Å². The molecule has 20 heavy (non-hydrogen) atoms. The minimum atomic E-state index is -0.234. The molecule has 0 saturated heterocycles. The fraction of sp³-hybridized carbons (Fsp3) is 0.429. The smallest absolute Gasteiger partial charge is 0.254 e. The summed E-state index contributed by atoms with van der Waals surface area (Å²) in [5.74, 6) is -0.458. The average molecular weight is 279 g/mol. The molecule has 0 heterocycles. The number of anilines is 1. The molecule has 0 aliphatic carbocycles. The van der Waals surface area contributed by atoms with Crippen LogP contribution in [0.25, 0.3) is 0 Å². The van der Waals surface area contributed by atoms with Crippen LogP contribution in [-0.2, 0) is 9.53 Å². The Bertz CT molecular complexity index is 468. The zero-order valence-corrected chi connectivity index (χ0v) is 12.1. The molecule has 0 aliphatic heterocycles. The zero-order chi connectivity index (χ0) is 15.1. The molecule has 0 unspecified atom stereocenters. The van der Waals surface area contributed by atoms with Crippen molar-refractivity contribution < 1.29 is 14.3 Å². The van der Waals surface area contributed by atoms with E-state index in [1.165, 1.54) is 4.90 Å². The van der Waals surface area contributed by atoms with Crippen molar-refractivity contribution in [1.29, 1.82) is 0 Å². The van der Waals surface area contributed by atoms with E-state index in [9.17, 15) is 9.59 Å². The van der Waals surface area contributed by atoms with Crippen molar-refractivity contribution in [3.63, 3.8) is 0 Å². The third-order valence-corrected chi connectivity index (χ3v) is 2.70. The molecule has 1 aromatic rings. The van der Waals surface area contributed by atoms with E-state index >= 15 is 0 Å². The first-order chi connectivity index (χ1) is 9.43. The number of nitrogens with zero attached hydrogens (tertiary/aromatic N) is 1. The first kappa shape index (κ1) is 16.0. The molecule has 6 heteroatoms. The first-order valence-corrected chi connectivity index (χ1v) is 6.32. The Labute approximate surface area is 118 Å². The Balaban J connectivity index is 2.60. The van der Waals surface area contributed by atoms with Crippen LogP contribution in [0.4, 0.5) is 5.69 Å². The van der Waals surface area contributed by atoms with Gasteiger partial charge in [0.2, 0.25) is 5.91 Å². The minimum absolute atomic E-state index is 0.00358. The van der Waals surface area contributed by atoms with Gasteiger partial charge in [-0.05, 0) is 30.7 Å². The van der Waals surface area contributed by atoms with E-state index in [0.717, 1.165) is 5.56 Å². The summed E-state index contributed by atoms with van der Waals surface area (Å²) in [4.78, 5) is 25.2. The van der Waals surface area contributed by atoms with Crippen molar-refractivity contribution in [1.82, 2.24) is 10.2 Å². The number of ether oxygens (including phenoxy) is 1. The largest absolute Gasteiger partial charge is 0.399 e. The standard InChI is InChI=1S/C14H21N3O3/c1-10-6-11(8-12(15)7-10)14(19)17(2)9-13(18)16-4-5-20-3/h6-8H,4-5,9,15H2,1-3H3,(H,16,18). The summed E-state index contributed by atoms with van der Waals surface area (Å²) in [6, 6.07) is 5.14. The summed E-state index contributed by atoms with van der Waals surface area (Å²) < 4.78 is 4.83. The Morgan fingerprint density at radius 2 is 2.05 bits per heavy atom. The molecule has 1 aromatic carbocycles. The molecule has 0 saturated carbocycles. The average Bonchev–Trinajstić information content (AvgIpc) is 2.36. The Morgan fingerprint density at radius 3 is 2.65 bits per heavy atom. The molecular formula is C14H21N3O3. The highest BCUT2D eigenvalue weighted by atomic mass is 16.5. The lowest BCUT2D eigenvalue weighted by Gasteiger charge is -2.17. The number of hydrogen-bond acceptors (Lipinski definition) is 4. The Hall–Kier alpha value is -2.08. The summed E-state index contributed by atoms with van der Waals surface area (Å²) in [5.41, 5.74) is 7.64. The van der Waals surface area contributed by atoms with Crippen molar-refractivity contribution in [2.45, 2.75) is 6.92 Å². The second kappa shape index (κ2) is 7.49. The molecule has 3 N–H and O–H groups in total. The van der Waals surface area contributed by atoms with Gasteiger partial charge in [-0.3, -0.25) is 9.59 Å². The minimum Gasteiger partial charge on any atom is -0.399 e. The van der Waals surface area contributed by atoms with Crippen molar-refractivity contribution in [2.75, 3.05) is 39.6 Å². The third kappa shape index (κ3) is 4.89. The molecule has 0 radical (unpaired) electrons. The van der Waals surface area contributed by atoms with Crippen LogP contribution in [0, 0.1) is 6.92 Å². The lowest BCUT2D eigenvalue weighted by molar-refractivity contribution is -0.121. The molecule has 0 aliphatic rings. The predicted molar refractivity (Wildman–Crippen MR) is 77.4 cm³/mol. The van der Waals surface area contributed by atoms with Gasteiger partial charge in [0.1, 0.15) is 0 Å². The highest BCUT2D eigenvalue weighted by molar-refractivity contribution is 5.97. The van der Waals surface area contributed by atoms with E-state index in [-0.39, 0.29) is 18.4 Å². The first-order valence-electron chi connectivity index (χ1n) is 6.32. The van der Waals surface area contributed by atoms with Gasteiger partial charge in [-0.1, -0.05) is 0 Å². The van der Waals surface area contributed by atoms with Gasteiger partial charge in [0.05, 0.1) is 13.2 Å². The number of amides is 2. The van der Waals surface area contributed by atoms with Crippen molar-refractivity contribution in [2.24, 2.45) is 0 Å². The maximum Gasteiger partial charge on any atom is 0.254 e. The Kier molecular flexibility index (Phi) is 5.99. The van der Waals surface area contributed by atoms with E-state index in [2.05, 4.69) is 5.32 Å². The van der Waals surface area contributed by atoms with Gasteiger partial charge in [0.25, 0.3) is 5.91 Å². The van der Waals surface area contributed by atoms with Gasteiger partial charge in [-0.2, -0.15) is 0 Å². The SMILES string of the molecule is COCCNC(=O)CN(C)C(=O)c1cc(C)cc(N)c1. The number of benzene rings is 1. The number of nitrogen functional groups attached to an aromatic ring is 1. The number of carbonyl (C=O) groups excluding carboxylic acids is 2. The molecule has 1 rings (SSSR count). The van der Waals surface area contributed by atoms with Crippen molar-refractivity contribution >= 4 is 17.5 Å². The molecule has 0 spiro atoms. The van der Waals surface area contributed by atoms with Crippen LogP contribution in [0.1, 0.15) is 15.9 Å². The van der Waals surface area contributed by atoms with Crippen LogP contribution in [-0.4, -0.2) is 50.6 Å². The van der Waals surface area contributed by atoms with Crippen molar-refractivity contribution in [3.8, 4) is 0 Å². The summed E-state index contributed by atoms with van der Waals surface area (Å²) in [7, 11) is 3.14. The summed E-state index contributed by atoms with van der Waals surface area (Å²) in [6.07, 6.45) is 0. The molecule has 0 aromatic heterocycles. The predicted octanol–water partition coefficient (Wildman–Crippen LogP) is 0.412. The highest BCUT2D eigenvalue weighted by Crippen LogP contribution is 2.12. The van der Waals surface area contributed by atoms with E-state index < -0.39 is 0 Å². The normalized spacial score (nSPS) is 10.2. The summed E-state index contributed by atoms with van der Waals surface area (Å²) in [5, 5.41) is 2.66. The molecule has 110 valence electrons. The van der Waals surface area contributed by atoms with E-state index in [0.29, 0.717) is 24.4 Å². The topological polar surface area (TPSA) is 84.7 Å². The summed E-state index contributed by atoms with van der Waals surface area (Å²) >= 11 is 0. The number of rotatable bonds is 6.